The second kappa shape index (κ2) is 7.47. The van der Waals surface area contributed by atoms with Crippen LogP contribution in [0.4, 0.5) is 17.6 Å². The van der Waals surface area contributed by atoms with Crippen molar-refractivity contribution in [2.24, 2.45) is 14.1 Å². The largest absolute Gasteiger partial charge is 0.502 e. The van der Waals surface area contributed by atoms with Gasteiger partial charge in [-0.3, -0.25) is 9.13 Å². The number of aromatic nitrogens is 3. The van der Waals surface area contributed by atoms with Crippen molar-refractivity contribution in [1.29, 1.82) is 0 Å². The third kappa shape index (κ3) is 3.31. The van der Waals surface area contributed by atoms with Crippen molar-refractivity contribution in [3.63, 3.8) is 0 Å². The smallest absolute Gasteiger partial charge is 0.413 e. The van der Waals surface area contributed by atoms with Crippen LogP contribution in [0.15, 0.2) is 53.5 Å². The number of aryl methyl sites for hydroxylation is 2. The maximum absolute atomic E-state index is 14.3. The first-order valence-electron chi connectivity index (χ1n) is 9.50. The summed E-state index contributed by atoms with van der Waals surface area (Å²) in [7, 11) is 4.25. The molecular formula is C22H19F4N3O3. The number of nitrogens with zero attached hydrogens (tertiary/aromatic N) is 3. The molecule has 0 saturated carbocycles. The average molecular weight is 449 g/mol. The Labute approximate surface area is 179 Å². The summed E-state index contributed by atoms with van der Waals surface area (Å²) < 4.78 is 65.6. The highest BCUT2D eigenvalue weighted by atomic mass is 19.4. The van der Waals surface area contributed by atoms with E-state index in [0.717, 1.165) is 10.6 Å². The molecule has 0 radical (unpaired) electrons. The Morgan fingerprint density at radius 3 is 2.38 bits per heavy atom. The number of benzene rings is 2. The van der Waals surface area contributed by atoms with Gasteiger partial charge < -0.3 is 14.4 Å². The van der Waals surface area contributed by atoms with Gasteiger partial charge in [0, 0.05) is 31.5 Å². The van der Waals surface area contributed by atoms with E-state index < -0.39 is 23.8 Å². The Hall–Kier alpha value is -3.69. The molecule has 0 spiro atoms. The molecule has 10 heteroatoms. The first-order valence-corrected chi connectivity index (χ1v) is 9.50. The number of phenols is 1. The molecule has 6 nitrogen and oxygen atoms in total. The monoisotopic (exact) mass is 449 g/mol. The number of hydrogen-bond donors (Lipinski definition) is 1. The Balaban J connectivity index is 1.93. The van der Waals surface area contributed by atoms with Crippen LogP contribution in [0.25, 0.3) is 22.3 Å². The molecule has 2 aromatic heterocycles. The third-order valence-corrected chi connectivity index (χ3v) is 5.52. The van der Waals surface area contributed by atoms with Crippen LogP contribution in [-0.4, -0.2) is 32.1 Å². The summed E-state index contributed by atoms with van der Waals surface area (Å²) in [5.41, 5.74) is 0.593. The molecule has 1 unspecified atom stereocenters. The van der Waals surface area contributed by atoms with Gasteiger partial charge in [0.1, 0.15) is 0 Å². The molecule has 1 N–H and O–H groups in total. The highest BCUT2D eigenvalue weighted by molar-refractivity contribution is 5.77. The SMILES string of the molecule is COc1cc(-c2cccn2C(c2ccc3c(c2)n(C)c(=O)n3C)C(F)(F)F)cc(F)c1O. The first kappa shape index (κ1) is 21.5. The molecule has 168 valence electrons. The molecular weight excluding hydrogens is 430 g/mol. The van der Waals surface area contributed by atoms with E-state index in [2.05, 4.69) is 0 Å². The van der Waals surface area contributed by atoms with Crippen molar-refractivity contribution in [1.82, 2.24) is 13.7 Å². The zero-order valence-electron chi connectivity index (χ0n) is 17.3. The Morgan fingerprint density at radius 2 is 1.72 bits per heavy atom. The summed E-state index contributed by atoms with van der Waals surface area (Å²) in [5, 5.41) is 9.74. The van der Waals surface area contributed by atoms with Crippen LogP contribution >= 0.6 is 0 Å². The van der Waals surface area contributed by atoms with Crippen LogP contribution in [0, 0.1) is 5.82 Å². The number of fused-ring (bicyclic) bond motifs is 1. The van der Waals surface area contributed by atoms with Gasteiger partial charge in [-0.2, -0.15) is 13.2 Å². The summed E-state index contributed by atoms with van der Waals surface area (Å²) in [5.74, 6) is -1.94. The topological polar surface area (TPSA) is 61.3 Å². The summed E-state index contributed by atoms with van der Waals surface area (Å²) in [6, 6.07) is 7.07. The van der Waals surface area contributed by atoms with Crippen molar-refractivity contribution < 1.29 is 27.4 Å². The standard InChI is InChI=1S/C22H19F4N3O3/c1-27-16-7-6-12(10-17(16)28(2)21(27)31)20(22(24,25)26)29-8-4-5-15(29)13-9-14(23)19(30)18(11-13)32-3/h4-11,20,30H,1-3H3. The fourth-order valence-electron chi connectivity index (χ4n) is 3.94. The predicted octanol–water partition coefficient (Wildman–Crippen LogP) is 4.35. The molecule has 32 heavy (non-hydrogen) atoms. The molecule has 0 aliphatic carbocycles. The quantitative estimate of drug-likeness (QED) is 0.472. The zero-order valence-corrected chi connectivity index (χ0v) is 17.3. The lowest BCUT2D eigenvalue weighted by Gasteiger charge is -2.25. The number of methoxy groups -OCH3 is 1. The van der Waals surface area contributed by atoms with Gasteiger partial charge in [0.2, 0.25) is 0 Å². The van der Waals surface area contributed by atoms with E-state index in [1.165, 1.54) is 65.9 Å². The molecule has 0 fully saturated rings. The molecule has 4 rings (SSSR count). The average Bonchev–Trinajstić information content (AvgIpc) is 3.29. The second-order valence-corrected chi connectivity index (χ2v) is 7.40. The Morgan fingerprint density at radius 1 is 1.03 bits per heavy atom. The van der Waals surface area contributed by atoms with Crippen molar-refractivity contribution >= 4 is 11.0 Å². The maximum Gasteiger partial charge on any atom is 0.413 e. The lowest BCUT2D eigenvalue weighted by Crippen LogP contribution is -2.27. The molecule has 2 heterocycles. The summed E-state index contributed by atoms with van der Waals surface area (Å²) in [6.45, 7) is 0. The van der Waals surface area contributed by atoms with E-state index in [1.807, 2.05) is 0 Å². The second-order valence-electron chi connectivity index (χ2n) is 7.40. The van der Waals surface area contributed by atoms with E-state index in [4.69, 9.17) is 4.74 Å². The molecule has 0 aliphatic heterocycles. The molecule has 4 aromatic rings. The Bertz CT molecular complexity index is 1380. The fourth-order valence-corrected chi connectivity index (χ4v) is 3.94. The van der Waals surface area contributed by atoms with Crippen molar-refractivity contribution in [3.05, 3.63) is 70.5 Å². The third-order valence-electron chi connectivity index (χ3n) is 5.52. The van der Waals surface area contributed by atoms with Gasteiger partial charge in [0.05, 0.1) is 18.1 Å². The van der Waals surface area contributed by atoms with Crippen LogP contribution in [0.5, 0.6) is 11.5 Å². The van der Waals surface area contributed by atoms with E-state index in [0.29, 0.717) is 11.0 Å². The molecule has 2 aromatic carbocycles. The Kier molecular flexibility index (Phi) is 5.03. The highest BCUT2D eigenvalue weighted by Crippen LogP contribution is 2.41. The van der Waals surface area contributed by atoms with Crippen LogP contribution < -0.4 is 10.4 Å². The number of rotatable bonds is 4. The number of phenolic OH excluding ortho intramolecular Hbond substituents is 1. The van der Waals surface area contributed by atoms with Crippen LogP contribution in [0.1, 0.15) is 11.6 Å². The van der Waals surface area contributed by atoms with Crippen molar-refractivity contribution in [2.75, 3.05) is 7.11 Å². The molecule has 0 bridgehead atoms. The van der Waals surface area contributed by atoms with E-state index in [9.17, 15) is 27.5 Å². The number of imidazole rings is 1. The van der Waals surface area contributed by atoms with Gasteiger partial charge in [-0.1, -0.05) is 6.07 Å². The van der Waals surface area contributed by atoms with E-state index in [1.54, 1.807) is 7.05 Å². The van der Waals surface area contributed by atoms with E-state index in [-0.39, 0.29) is 28.3 Å². The number of halogens is 4. The molecule has 1 atom stereocenters. The number of hydrogen-bond acceptors (Lipinski definition) is 3. The molecule has 0 aliphatic rings. The van der Waals surface area contributed by atoms with E-state index >= 15 is 0 Å². The summed E-state index contributed by atoms with van der Waals surface area (Å²) in [4.78, 5) is 12.2. The van der Waals surface area contributed by atoms with Crippen LogP contribution in [-0.2, 0) is 14.1 Å². The predicted molar refractivity (Wildman–Crippen MR) is 110 cm³/mol. The van der Waals surface area contributed by atoms with Gasteiger partial charge in [-0.05, 0) is 42.0 Å². The maximum atomic E-state index is 14.3. The fraction of sp³-hybridized carbons (Fsp3) is 0.227. The zero-order chi connectivity index (χ0) is 23.4. The normalized spacial score (nSPS) is 13.0. The van der Waals surface area contributed by atoms with Gasteiger partial charge in [0.25, 0.3) is 0 Å². The summed E-state index contributed by atoms with van der Waals surface area (Å²) in [6.07, 6.45) is -3.45. The minimum absolute atomic E-state index is 0.0755. The number of aromatic hydroxyl groups is 1. The first-order chi connectivity index (χ1) is 15.0. The minimum Gasteiger partial charge on any atom is -0.502 e. The molecule has 0 amide bonds. The lowest BCUT2D eigenvalue weighted by molar-refractivity contribution is -0.156. The number of ether oxygens (including phenoxy) is 1. The van der Waals surface area contributed by atoms with Crippen molar-refractivity contribution in [2.45, 2.75) is 12.2 Å². The molecule has 0 saturated heterocycles. The number of alkyl halides is 3. The lowest BCUT2D eigenvalue weighted by atomic mass is 10.0. The van der Waals surface area contributed by atoms with Gasteiger partial charge in [-0.25, -0.2) is 9.18 Å². The van der Waals surface area contributed by atoms with Crippen LogP contribution in [0.2, 0.25) is 0 Å². The minimum atomic E-state index is -4.70. The summed E-state index contributed by atoms with van der Waals surface area (Å²) >= 11 is 0. The van der Waals surface area contributed by atoms with Gasteiger partial charge in [-0.15, -0.1) is 0 Å². The van der Waals surface area contributed by atoms with Crippen molar-refractivity contribution in [3.8, 4) is 22.8 Å². The van der Waals surface area contributed by atoms with Gasteiger partial charge in [0.15, 0.2) is 23.4 Å². The van der Waals surface area contributed by atoms with Crippen LogP contribution in [0.3, 0.4) is 0 Å². The van der Waals surface area contributed by atoms with Gasteiger partial charge >= 0.3 is 11.9 Å². The highest BCUT2D eigenvalue weighted by Gasteiger charge is 2.43.